The summed E-state index contributed by atoms with van der Waals surface area (Å²) in [7, 11) is 0. The molecular formula is C18H18ClN7O. The number of carbonyl (C=O) groups is 1. The number of hydrogen-bond donors (Lipinski definition) is 3. The predicted octanol–water partition coefficient (Wildman–Crippen LogP) is 2.58. The number of hydrogen-bond acceptors (Lipinski definition) is 5. The number of carbonyl (C=O) groups excluding carboxylic acids is 1. The third-order valence-electron chi connectivity index (χ3n) is 4.26. The number of benzene rings is 1. The minimum Gasteiger partial charge on any atom is -0.368 e. The summed E-state index contributed by atoms with van der Waals surface area (Å²) in [6, 6.07) is 10.3. The van der Waals surface area contributed by atoms with Crippen molar-refractivity contribution in [3.63, 3.8) is 0 Å². The van der Waals surface area contributed by atoms with Gasteiger partial charge in [0.15, 0.2) is 11.5 Å². The summed E-state index contributed by atoms with van der Waals surface area (Å²) in [4.78, 5) is 27.2. The molecule has 0 aliphatic heterocycles. The highest BCUT2D eigenvalue weighted by Gasteiger charge is 2.09. The van der Waals surface area contributed by atoms with E-state index in [1.807, 2.05) is 18.3 Å². The van der Waals surface area contributed by atoms with Crippen molar-refractivity contribution < 1.29 is 4.79 Å². The molecule has 0 spiro atoms. The second kappa shape index (κ2) is 7.63. The van der Waals surface area contributed by atoms with Crippen LogP contribution in [0.3, 0.4) is 0 Å². The van der Waals surface area contributed by atoms with Crippen molar-refractivity contribution in [2.45, 2.75) is 13.0 Å². The fourth-order valence-corrected chi connectivity index (χ4v) is 3.13. The van der Waals surface area contributed by atoms with Gasteiger partial charge >= 0.3 is 0 Å². The molecule has 0 fully saturated rings. The molecule has 0 atom stereocenters. The van der Waals surface area contributed by atoms with Gasteiger partial charge in [-0.2, -0.15) is 9.97 Å². The van der Waals surface area contributed by atoms with Crippen molar-refractivity contribution in [3.05, 3.63) is 48.1 Å². The maximum absolute atomic E-state index is 12.1. The van der Waals surface area contributed by atoms with Crippen molar-refractivity contribution >= 4 is 45.4 Å². The number of amides is 1. The number of fused-ring (bicyclic) bond motifs is 2. The van der Waals surface area contributed by atoms with E-state index >= 15 is 0 Å². The standard InChI is InChI=1S/C18H18ClN7O/c19-18-24-16(15-17(25-18)23-11-22-15)21-7-5-14(27)20-8-10-26-9-6-12-3-1-2-4-13(12)26/h1-4,6,9,11H,5,7-8,10H2,(H,20,27)(H2,21,22,23,24,25). The first-order chi connectivity index (χ1) is 13.2. The van der Waals surface area contributed by atoms with Crippen LogP contribution in [0.2, 0.25) is 5.28 Å². The van der Waals surface area contributed by atoms with Crippen LogP contribution in [0.25, 0.3) is 22.1 Å². The molecule has 1 amide bonds. The fourth-order valence-electron chi connectivity index (χ4n) is 2.97. The summed E-state index contributed by atoms with van der Waals surface area (Å²) in [5, 5.41) is 7.35. The topological polar surface area (TPSA) is 101 Å². The summed E-state index contributed by atoms with van der Waals surface area (Å²) in [6.45, 7) is 1.73. The highest BCUT2D eigenvalue weighted by atomic mass is 35.5. The van der Waals surface area contributed by atoms with E-state index in [1.165, 1.54) is 11.7 Å². The number of imidazole rings is 1. The molecule has 4 aromatic rings. The molecular weight excluding hydrogens is 366 g/mol. The first-order valence-electron chi connectivity index (χ1n) is 8.62. The Morgan fingerprint density at radius 2 is 2.07 bits per heavy atom. The van der Waals surface area contributed by atoms with Gasteiger partial charge in [-0.05, 0) is 29.1 Å². The van der Waals surface area contributed by atoms with Crippen LogP contribution in [0.4, 0.5) is 5.82 Å². The van der Waals surface area contributed by atoms with Crippen LogP contribution in [0, 0.1) is 0 Å². The second-order valence-electron chi connectivity index (χ2n) is 6.04. The third-order valence-corrected chi connectivity index (χ3v) is 4.43. The van der Waals surface area contributed by atoms with E-state index in [9.17, 15) is 4.79 Å². The summed E-state index contributed by atoms with van der Waals surface area (Å²) in [5.74, 6) is 0.508. The highest BCUT2D eigenvalue weighted by molar-refractivity contribution is 6.28. The van der Waals surface area contributed by atoms with E-state index in [1.54, 1.807) is 0 Å². The van der Waals surface area contributed by atoms with Crippen molar-refractivity contribution in [2.75, 3.05) is 18.4 Å². The first-order valence-corrected chi connectivity index (χ1v) is 8.99. The van der Waals surface area contributed by atoms with E-state index < -0.39 is 0 Å². The number of H-pyrrole nitrogens is 1. The minimum absolute atomic E-state index is 0.0278. The van der Waals surface area contributed by atoms with Crippen LogP contribution in [0.15, 0.2) is 42.9 Å². The van der Waals surface area contributed by atoms with E-state index in [2.05, 4.69) is 53.3 Å². The molecule has 0 saturated heterocycles. The van der Waals surface area contributed by atoms with Crippen LogP contribution in [-0.4, -0.2) is 43.5 Å². The molecule has 27 heavy (non-hydrogen) atoms. The quantitative estimate of drug-likeness (QED) is 0.426. The Morgan fingerprint density at radius 3 is 3.00 bits per heavy atom. The predicted molar refractivity (Wildman–Crippen MR) is 105 cm³/mol. The Labute approximate surface area is 160 Å². The fraction of sp³-hybridized carbons (Fsp3) is 0.222. The van der Waals surface area contributed by atoms with E-state index in [-0.39, 0.29) is 11.2 Å². The van der Waals surface area contributed by atoms with Crippen molar-refractivity contribution in [3.8, 4) is 0 Å². The third kappa shape index (κ3) is 3.85. The Morgan fingerprint density at radius 1 is 1.19 bits per heavy atom. The molecule has 3 aromatic heterocycles. The van der Waals surface area contributed by atoms with Crippen molar-refractivity contribution in [2.24, 2.45) is 0 Å². The molecule has 0 aliphatic rings. The van der Waals surface area contributed by atoms with Gasteiger partial charge in [0.05, 0.1) is 6.33 Å². The number of halogens is 1. The Balaban J connectivity index is 1.26. The van der Waals surface area contributed by atoms with E-state index in [4.69, 9.17) is 11.6 Å². The number of para-hydroxylation sites is 1. The number of nitrogens with one attached hydrogen (secondary N) is 3. The molecule has 138 valence electrons. The van der Waals surface area contributed by atoms with Crippen molar-refractivity contribution in [1.82, 2.24) is 29.8 Å². The summed E-state index contributed by atoms with van der Waals surface area (Å²) < 4.78 is 2.13. The average Bonchev–Trinajstić information content (AvgIpc) is 3.29. The smallest absolute Gasteiger partial charge is 0.226 e. The van der Waals surface area contributed by atoms with Gasteiger partial charge in [0.1, 0.15) is 5.52 Å². The van der Waals surface area contributed by atoms with Crippen LogP contribution in [-0.2, 0) is 11.3 Å². The minimum atomic E-state index is -0.0278. The molecule has 0 saturated carbocycles. The molecule has 8 nitrogen and oxygen atoms in total. The largest absolute Gasteiger partial charge is 0.368 e. The number of anilines is 1. The summed E-state index contributed by atoms with van der Waals surface area (Å²) >= 11 is 5.88. The van der Waals surface area contributed by atoms with Gasteiger partial charge in [-0.25, -0.2) is 4.98 Å². The van der Waals surface area contributed by atoms with Gasteiger partial charge < -0.3 is 20.2 Å². The lowest BCUT2D eigenvalue weighted by atomic mass is 10.2. The summed E-state index contributed by atoms with van der Waals surface area (Å²) in [5.41, 5.74) is 2.32. The van der Waals surface area contributed by atoms with Gasteiger partial charge in [-0.3, -0.25) is 4.79 Å². The maximum atomic E-state index is 12.1. The zero-order valence-electron chi connectivity index (χ0n) is 14.4. The Hall–Kier alpha value is -3.13. The van der Waals surface area contributed by atoms with Gasteiger partial charge in [0, 0.05) is 37.8 Å². The number of nitrogens with zero attached hydrogens (tertiary/aromatic N) is 4. The lowest BCUT2D eigenvalue weighted by Crippen LogP contribution is -2.28. The second-order valence-corrected chi connectivity index (χ2v) is 6.38. The molecule has 0 unspecified atom stereocenters. The Kier molecular flexibility index (Phi) is 4.88. The highest BCUT2D eigenvalue weighted by Crippen LogP contribution is 2.18. The average molecular weight is 384 g/mol. The van der Waals surface area contributed by atoms with Gasteiger partial charge in [-0.1, -0.05) is 18.2 Å². The molecule has 0 aliphatic carbocycles. The van der Waals surface area contributed by atoms with Crippen LogP contribution >= 0.6 is 11.6 Å². The van der Waals surface area contributed by atoms with Crippen LogP contribution in [0.5, 0.6) is 0 Å². The monoisotopic (exact) mass is 383 g/mol. The molecule has 9 heteroatoms. The van der Waals surface area contributed by atoms with Crippen LogP contribution < -0.4 is 10.6 Å². The molecule has 0 radical (unpaired) electrons. The lowest BCUT2D eigenvalue weighted by molar-refractivity contribution is -0.120. The van der Waals surface area contributed by atoms with Gasteiger partial charge in [-0.15, -0.1) is 0 Å². The van der Waals surface area contributed by atoms with Gasteiger partial charge in [0.2, 0.25) is 11.2 Å². The molecule has 3 N–H and O–H groups in total. The summed E-state index contributed by atoms with van der Waals surface area (Å²) in [6.07, 6.45) is 3.88. The zero-order chi connectivity index (χ0) is 18.6. The maximum Gasteiger partial charge on any atom is 0.226 e. The normalized spacial score (nSPS) is 11.1. The van der Waals surface area contributed by atoms with Crippen LogP contribution in [0.1, 0.15) is 6.42 Å². The molecule has 1 aromatic carbocycles. The van der Waals surface area contributed by atoms with Crippen molar-refractivity contribution in [1.29, 1.82) is 0 Å². The lowest BCUT2D eigenvalue weighted by Gasteiger charge is -2.09. The first kappa shape index (κ1) is 17.3. The number of aromatic amines is 1. The van der Waals surface area contributed by atoms with Gasteiger partial charge in [0.25, 0.3) is 0 Å². The van der Waals surface area contributed by atoms with E-state index in [0.29, 0.717) is 36.5 Å². The molecule has 4 rings (SSSR count). The molecule has 3 heterocycles. The number of aromatic nitrogens is 5. The zero-order valence-corrected chi connectivity index (χ0v) is 15.2. The van der Waals surface area contributed by atoms with E-state index in [0.717, 1.165) is 12.1 Å². The SMILES string of the molecule is O=C(CCNc1nc(Cl)nc2nc[nH]c12)NCCn1ccc2ccccc21. The number of rotatable bonds is 7. The molecule has 0 bridgehead atoms. The Bertz CT molecular complexity index is 1090.